The standard InChI is InChI=1S/C32H42N4O8/c1-5-35(6-2)19-23-41-29(37)25-11-15-27(16-12-25)33-31(39)43-21-9-10-22-44-32(40)34-28-17-13-26(14-18-28)30(38)42-24-20-36(7-3)8-4/h11-18H,5-8,19-24H2,1-4H3,(H,33,39)(H,34,40). The van der Waals surface area contributed by atoms with Crippen LogP contribution < -0.4 is 10.6 Å². The molecule has 2 N–H and O–H groups in total. The number of ether oxygens (including phenoxy) is 4. The van der Waals surface area contributed by atoms with Crippen molar-refractivity contribution in [3.63, 3.8) is 0 Å². The maximum Gasteiger partial charge on any atom is 0.412 e. The molecule has 0 saturated heterocycles. The Morgan fingerprint density at radius 3 is 1.23 bits per heavy atom. The van der Waals surface area contributed by atoms with Crippen LogP contribution in [0, 0.1) is 11.8 Å². The van der Waals surface area contributed by atoms with Gasteiger partial charge in [0.2, 0.25) is 0 Å². The van der Waals surface area contributed by atoms with Gasteiger partial charge < -0.3 is 28.7 Å². The number of hydrogen-bond donors (Lipinski definition) is 2. The first-order chi connectivity index (χ1) is 21.3. The molecule has 2 aromatic carbocycles. The highest BCUT2D eigenvalue weighted by atomic mass is 16.6. The highest BCUT2D eigenvalue weighted by Crippen LogP contribution is 2.12. The predicted molar refractivity (Wildman–Crippen MR) is 167 cm³/mol. The van der Waals surface area contributed by atoms with Crippen LogP contribution in [-0.4, -0.2) is 99.6 Å². The quantitative estimate of drug-likeness (QED) is 0.159. The van der Waals surface area contributed by atoms with E-state index in [0.717, 1.165) is 26.2 Å². The molecular formula is C32H42N4O8. The number of hydrogen-bond acceptors (Lipinski definition) is 10. The molecule has 2 amide bonds. The van der Waals surface area contributed by atoms with Gasteiger partial charge in [-0.1, -0.05) is 39.5 Å². The van der Waals surface area contributed by atoms with Crippen molar-refractivity contribution in [2.45, 2.75) is 27.7 Å². The summed E-state index contributed by atoms with van der Waals surface area (Å²) in [6.45, 7) is 13.2. The molecule has 2 rings (SSSR count). The highest BCUT2D eigenvalue weighted by Gasteiger charge is 2.11. The van der Waals surface area contributed by atoms with Crippen LogP contribution in [0.1, 0.15) is 48.4 Å². The second kappa shape index (κ2) is 20.3. The molecule has 0 unspecified atom stereocenters. The van der Waals surface area contributed by atoms with E-state index in [2.05, 4.69) is 32.3 Å². The third-order valence-corrected chi connectivity index (χ3v) is 6.48. The minimum absolute atomic E-state index is 0.222. The van der Waals surface area contributed by atoms with Crippen molar-refractivity contribution in [2.75, 3.05) is 76.3 Å². The molecule has 0 aromatic heterocycles. The fraction of sp³-hybridized carbons (Fsp3) is 0.438. The Kier molecular flexibility index (Phi) is 16.4. The smallest absolute Gasteiger partial charge is 0.412 e. The van der Waals surface area contributed by atoms with E-state index in [9.17, 15) is 19.2 Å². The van der Waals surface area contributed by atoms with Gasteiger partial charge in [0.05, 0.1) is 11.1 Å². The van der Waals surface area contributed by atoms with Crippen LogP contribution in [0.2, 0.25) is 0 Å². The maximum atomic E-state index is 12.2. The molecule has 0 atom stereocenters. The first kappa shape index (κ1) is 35.6. The molecule has 0 aliphatic rings. The summed E-state index contributed by atoms with van der Waals surface area (Å²) in [4.78, 5) is 52.6. The zero-order valence-corrected chi connectivity index (χ0v) is 25.9. The van der Waals surface area contributed by atoms with Crippen molar-refractivity contribution in [2.24, 2.45) is 0 Å². The second-order valence-corrected chi connectivity index (χ2v) is 9.24. The lowest BCUT2D eigenvalue weighted by molar-refractivity contribution is 0.0457. The number of nitrogens with zero attached hydrogens (tertiary/aromatic N) is 2. The summed E-state index contributed by atoms with van der Waals surface area (Å²) in [6.07, 6.45) is -1.47. The van der Waals surface area contributed by atoms with Gasteiger partial charge in [-0.15, -0.1) is 0 Å². The Bertz CT molecular complexity index is 1150. The molecule has 0 fully saturated rings. The van der Waals surface area contributed by atoms with E-state index >= 15 is 0 Å². The highest BCUT2D eigenvalue weighted by molar-refractivity contribution is 5.92. The van der Waals surface area contributed by atoms with Gasteiger partial charge in [-0.05, 0) is 74.7 Å². The zero-order chi connectivity index (χ0) is 32.2. The van der Waals surface area contributed by atoms with Gasteiger partial charge in [0.1, 0.15) is 13.2 Å². The Morgan fingerprint density at radius 1 is 0.568 bits per heavy atom. The summed E-state index contributed by atoms with van der Waals surface area (Å²) in [5.41, 5.74) is 1.61. The summed E-state index contributed by atoms with van der Waals surface area (Å²) in [5, 5.41) is 5.07. The fourth-order valence-electron chi connectivity index (χ4n) is 3.77. The van der Waals surface area contributed by atoms with Gasteiger partial charge in [-0.3, -0.25) is 10.6 Å². The normalized spacial score (nSPS) is 10.4. The summed E-state index contributed by atoms with van der Waals surface area (Å²) in [7, 11) is 0. The van der Waals surface area contributed by atoms with E-state index in [-0.39, 0.29) is 13.2 Å². The molecule has 0 aliphatic heterocycles. The van der Waals surface area contributed by atoms with Gasteiger partial charge >= 0.3 is 24.1 Å². The molecule has 0 radical (unpaired) electrons. The van der Waals surface area contributed by atoms with E-state index < -0.39 is 24.1 Å². The molecular weight excluding hydrogens is 568 g/mol. The summed E-state index contributed by atoms with van der Waals surface area (Å²) < 4.78 is 20.5. The first-order valence-corrected chi connectivity index (χ1v) is 14.6. The summed E-state index contributed by atoms with van der Waals surface area (Å²) in [5.74, 6) is 4.28. The number of amides is 2. The molecule has 0 spiro atoms. The molecule has 12 heteroatoms. The van der Waals surface area contributed by atoms with E-state index in [1.807, 2.05) is 27.7 Å². The SMILES string of the molecule is CCN(CC)CCOC(=O)c1ccc(NC(=O)OCC#CCOC(=O)Nc2ccc(C(=O)OCCN(CC)CC)cc2)cc1. The molecule has 0 aliphatic carbocycles. The number of anilines is 2. The molecule has 0 bridgehead atoms. The zero-order valence-electron chi connectivity index (χ0n) is 25.9. The lowest BCUT2D eigenvalue weighted by Crippen LogP contribution is -2.27. The van der Waals surface area contributed by atoms with Gasteiger partial charge in [0.15, 0.2) is 13.2 Å². The largest absolute Gasteiger partial charge is 0.461 e. The minimum Gasteiger partial charge on any atom is -0.461 e. The van der Waals surface area contributed by atoms with E-state index in [1.165, 1.54) is 0 Å². The van der Waals surface area contributed by atoms with Gasteiger partial charge in [-0.25, -0.2) is 19.2 Å². The average molecular weight is 611 g/mol. The number of carbonyl (C=O) groups excluding carboxylic acids is 4. The van der Waals surface area contributed by atoms with Crippen molar-refractivity contribution in [1.29, 1.82) is 0 Å². The Hall–Kier alpha value is -4.60. The molecule has 2 aromatic rings. The first-order valence-electron chi connectivity index (χ1n) is 14.6. The molecule has 12 nitrogen and oxygen atoms in total. The third kappa shape index (κ3) is 13.6. The van der Waals surface area contributed by atoms with Crippen molar-refractivity contribution < 1.29 is 38.1 Å². The molecule has 44 heavy (non-hydrogen) atoms. The van der Waals surface area contributed by atoms with Crippen LogP contribution in [0.3, 0.4) is 0 Å². The monoisotopic (exact) mass is 610 g/mol. The number of likely N-dealkylation sites (N-methyl/N-ethyl adjacent to an activating group) is 2. The average Bonchev–Trinajstić information content (AvgIpc) is 3.03. The van der Waals surface area contributed by atoms with Crippen LogP contribution in [0.25, 0.3) is 0 Å². The van der Waals surface area contributed by atoms with Crippen LogP contribution in [0.4, 0.5) is 21.0 Å². The second-order valence-electron chi connectivity index (χ2n) is 9.24. The Labute approximate surface area is 259 Å². The molecule has 0 saturated carbocycles. The van der Waals surface area contributed by atoms with Crippen LogP contribution >= 0.6 is 0 Å². The number of carbonyl (C=O) groups is 4. The fourth-order valence-corrected chi connectivity index (χ4v) is 3.77. The van der Waals surface area contributed by atoms with Gasteiger partial charge in [-0.2, -0.15) is 0 Å². The van der Waals surface area contributed by atoms with Crippen LogP contribution in [-0.2, 0) is 18.9 Å². The minimum atomic E-state index is -0.733. The third-order valence-electron chi connectivity index (χ3n) is 6.48. The van der Waals surface area contributed by atoms with Crippen molar-refractivity contribution in [3.8, 4) is 11.8 Å². The van der Waals surface area contributed by atoms with E-state index in [4.69, 9.17) is 18.9 Å². The summed E-state index contributed by atoms with van der Waals surface area (Å²) in [6, 6.07) is 12.5. The number of nitrogens with one attached hydrogen (secondary N) is 2. The van der Waals surface area contributed by atoms with Crippen molar-refractivity contribution >= 4 is 35.5 Å². The number of benzene rings is 2. The molecule has 0 heterocycles. The molecule has 238 valence electrons. The van der Waals surface area contributed by atoms with Gasteiger partial charge in [0.25, 0.3) is 0 Å². The lowest BCUT2D eigenvalue weighted by Gasteiger charge is -2.17. The lowest BCUT2D eigenvalue weighted by atomic mass is 10.2. The van der Waals surface area contributed by atoms with Crippen LogP contribution in [0.15, 0.2) is 48.5 Å². The maximum absolute atomic E-state index is 12.2. The Balaban J connectivity index is 1.63. The number of esters is 2. The van der Waals surface area contributed by atoms with Crippen molar-refractivity contribution in [3.05, 3.63) is 59.7 Å². The number of rotatable bonds is 16. The van der Waals surface area contributed by atoms with E-state index in [1.54, 1.807) is 48.5 Å². The predicted octanol–water partition coefficient (Wildman–Crippen LogP) is 4.48. The topological polar surface area (TPSA) is 136 Å². The van der Waals surface area contributed by atoms with E-state index in [0.29, 0.717) is 48.8 Å². The van der Waals surface area contributed by atoms with Gasteiger partial charge in [0, 0.05) is 24.5 Å². The van der Waals surface area contributed by atoms with Crippen molar-refractivity contribution in [1.82, 2.24) is 9.80 Å². The summed E-state index contributed by atoms with van der Waals surface area (Å²) >= 11 is 0. The van der Waals surface area contributed by atoms with Crippen LogP contribution in [0.5, 0.6) is 0 Å². The Morgan fingerprint density at radius 2 is 0.909 bits per heavy atom.